The molecule has 0 saturated carbocycles. The number of piperidine rings is 1. The van der Waals surface area contributed by atoms with E-state index >= 15 is 0 Å². The van der Waals surface area contributed by atoms with Gasteiger partial charge in [-0.2, -0.15) is 0 Å². The molecule has 2 aromatic rings. The van der Waals surface area contributed by atoms with Gasteiger partial charge in [0.1, 0.15) is 12.4 Å². The lowest BCUT2D eigenvalue weighted by atomic mass is 9.97. The zero-order valence-corrected chi connectivity index (χ0v) is 15.4. The molecule has 0 unspecified atom stereocenters. The highest BCUT2D eigenvalue weighted by Crippen LogP contribution is 2.28. The molecule has 1 atom stereocenters. The highest BCUT2D eigenvalue weighted by molar-refractivity contribution is 6.00. The van der Waals surface area contributed by atoms with Gasteiger partial charge in [-0.05, 0) is 25.0 Å². The van der Waals surface area contributed by atoms with Gasteiger partial charge in [0.15, 0.2) is 0 Å². The van der Waals surface area contributed by atoms with Crippen LogP contribution < -0.4 is 5.32 Å². The molecule has 2 aliphatic rings. The van der Waals surface area contributed by atoms with Crippen molar-refractivity contribution in [2.75, 3.05) is 26.2 Å². The van der Waals surface area contributed by atoms with Crippen molar-refractivity contribution < 1.29 is 14.4 Å². The monoisotopic (exact) mass is 369 g/mol. The zero-order valence-electron chi connectivity index (χ0n) is 15.4. The highest BCUT2D eigenvalue weighted by Gasteiger charge is 2.32. The molecule has 4 amide bonds. The van der Waals surface area contributed by atoms with Gasteiger partial charge < -0.3 is 14.8 Å². The van der Waals surface area contributed by atoms with Gasteiger partial charge in [-0.3, -0.25) is 14.5 Å². The van der Waals surface area contributed by atoms with Crippen molar-refractivity contribution in [1.29, 1.82) is 0 Å². The van der Waals surface area contributed by atoms with E-state index < -0.39 is 6.03 Å². The van der Waals surface area contributed by atoms with Gasteiger partial charge >= 0.3 is 6.03 Å². The second-order valence-corrected chi connectivity index (χ2v) is 7.16. The Bertz CT molecular complexity index is 890. The van der Waals surface area contributed by atoms with Crippen LogP contribution >= 0.6 is 0 Å². The summed E-state index contributed by atoms with van der Waals surface area (Å²) in [6.45, 7) is 1.34. The van der Waals surface area contributed by atoms with Crippen molar-refractivity contribution >= 4 is 28.9 Å². The number of benzene rings is 1. The number of aromatic nitrogens is 2. The van der Waals surface area contributed by atoms with Gasteiger partial charge in [-0.1, -0.05) is 12.1 Å². The first-order valence-electron chi connectivity index (χ1n) is 9.32. The first-order valence-corrected chi connectivity index (χ1v) is 9.32. The van der Waals surface area contributed by atoms with Crippen LogP contribution in [-0.2, 0) is 16.6 Å². The van der Waals surface area contributed by atoms with Gasteiger partial charge in [0.2, 0.25) is 11.8 Å². The molecule has 1 N–H and O–H groups in total. The molecule has 142 valence electrons. The predicted molar refractivity (Wildman–Crippen MR) is 99.0 cm³/mol. The minimum absolute atomic E-state index is 0.144. The summed E-state index contributed by atoms with van der Waals surface area (Å²) < 4.78 is 2.09. The first kappa shape index (κ1) is 17.5. The van der Waals surface area contributed by atoms with Crippen LogP contribution in [-0.4, -0.2) is 63.4 Å². The molecule has 27 heavy (non-hydrogen) atoms. The Kier molecular flexibility index (Phi) is 4.55. The molecule has 1 aromatic carbocycles. The maximum atomic E-state index is 12.7. The van der Waals surface area contributed by atoms with Gasteiger partial charge in [0.05, 0.1) is 11.0 Å². The van der Waals surface area contributed by atoms with Gasteiger partial charge in [0.25, 0.3) is 0 Å². The van der Waals surface area contributed by atoms with Gasteiger partial charge in [0, 0.05) is 39.0 Å². The molecule has 4 rings (SSSR count). The number of para-hydroxylation sites is 2. The molecule has 2 aliphatic heterocycles. The van der Waals surface area contributed by atoms with E-state index in [1.807, 2.05) is 31.3 Å². The third-order valence-electron chi connectivity index (χ3n) is 5.42. The average Bonchev–Trinajstić information content (AvgIpc) is 3.02. The fourth-order valence-electron chi connectivity index (χ4n) is 3.96. The molecule has 0 spiro atoms. The number of likely N-dealkylation sites (tertiary alicyclic amines) is 1. The number of hydrogen-bond acceptors (Lipinski definition) is 4. The van der Waals surface area contributed by atoms with Crippen LogP contribution in [0, 0.1) is 0 Å². The molecule has 2 saturated heterocycles. The SMILES string of the molecule is Cn1c([C@@H]2CCCN(C(=O)CN3C(=O)CCNC3=O)C2)nc2ccccc21. The molecular weight excluding hydrogens is 346 g/mol. The van der Waals surface area contributed by atoms with Crippen LogP contribution in [0.25, 0.3) is 11.0 Å². The number of amides is 4. The lowest BCUT2D eigenvalue weighted by Crippen LogP contribution is -2.54. The number of nitrogens with one attached hydrogen (secondary N) is 1. The van der Waals surface area contributed by atoms with E-state index in [0.717, 1.165) is 34.6 Å². The predicted octanol–water partition coefficient (Wildman–Crippen LogP) is 1.22. The number of hydrogen-bond donors (Lipinski definition) is 1. The number of imidazole rings is 1. The zero-order chi connectivity index (χ0) is 19.0. The Morgan fingerprint density at radius 2 is 2.11 bits per heavy atom. The summed E-state index contributed by atoms with van der Waals surface area (Å²) in [5.41, 5.74) is 2.03. The number of rotatable bonds is 3. The second kappa shape index (κ2) is 7.02. The minimum atomic E-state index is -0.483. The third kappa shape index (κ3) is 3.27. The van der Waals surface area contributed by atoms with Crippen molar-refractivity contribution in [2.24, 2.45) is 7.05 Å². The van der Waals surface area contributed by atoms with Crippen molar-refractivity contribution in [3.05, 3.63) is 30.1 Å². The summed E-state index contributed by atoms with van der Waals surface area (Å²) >= 11 is 0. The first-order chi connectivity index (χ1) is 13.0. The van der Waals surface area contributed by atoms with Crippen LogP contribution in [0.3, 0.4) is 0 Å². The number of aryl methyl sites for hydroxylation is 1. The summed E-state index contributed by atoms with van der Waals surface area (Å²) in [5.74, 6) is 0.631. The Labute approximate surface area is 157 Å². The van der Waals surface area contributed by atoms with Crippen molar-refractivity contribution in [2.45, 2.75) is 25.2 Å². The van der Waals surface area contributed by atoms with E-state index in [2.05, 4.69) is 9.88 Å². The summed E-state index contributed by atoms with van der Waals surface area (Å²) in [5, 5.41) is 2.61. The van der Waals surface area contributed by atoms with E-state index in [-0.39, 0.29) is 30.7 Å². The van der Waals surface area contributed by atoms with E-state index in [1.165, 1.54) is 0 Å². The van der Waals surface area contributed by atoms with E-state index in [0.29, 0.717) is 19.6 Å². The summed E-state index contributed by atoms with van der Waals surface area (Å²) in [7, 11) is 2.00. The smallest absolute Gasteiger partial charge is 0.324 e. The fourth-order valence-corrected chi connectivity index (χ4v) is 3.96. The second-order valence-electron chi connectivity index (χ2n) is 7.16. The number of nitrogens with zero attached hydrogens (tertiary/aromatic N) is 4. The molecule has 0 aliphatic carbocycles. The molecule has 8 nitrogen and oxygen atoms in total. The van der Waals surface area contributed by atoms with Gasteiger partial charge in [-0.25, -0.2) is 9.78 Å². The van der Waals surface area contributed by atoms with E-state index in [4.69, 9.17) is 4.98 Å². The van der Waals surface area contributed by atoms with Crippen molar-refractivity contribution in [3.63, 3.8) is 0 Å². The average molecular weight is 369 g/mol. The molecule has 8 heteroatoms. The third-order valence-corrected chi connectivity index (χ3v) is 5.42. The van der Waals surface area contributed by atoms with Crippen LogP contribution in [0.5, 0.6) is 0 Å². The highest BCUT2D eigenvalue weighted by atomic mass is 16.2. The van der Waals surface area contributed by atoms with E-state index in [1.54, 1.807) is 4.90 Å². The number of carbonyl (C=O) groups is 3. The summed E-state index contributed by atoms with van der Waals surface area (Å²) in [4.78, 5) is 44.0. The number of urea groups is 1. The normalized spacial score (nSPS) is 20.9. The maximum Gasteiger partial charge on any atom is 0.324 e. The molecule has 1 aromatic heterocycles. The van der Waals surface area contributed by atoms with Gasteiger partial charge in [-0.15, -0.1) is 0 Å². The van der Waals surface area contributed by atoms with Crippen LogP contribution in [0.15, 0.2) is 24.3 Å². The Morgan fingerprint density at radius 3 is 2.89 bits per heavy atom. The van der Waals surface area contributed by atoms with Crippen LogP contribution in [0.1, 0.15) is 31.0 Å². The largest absolute Gasteiger partial charge is 0.340 e. The van der Waals surface area contributed by atoms with Crippen LogP contribution in [0.4, 0.5) is 4.79 Å². The van der Waals surface area contributed by atoms with Crippen LogP contribution in [0.2, 0.25) is 0 Å². The topological polar surface area (TPSA) is 87.5 Å². The minimum Gasteiger partial charge on any atom is -0.340 e. The lowest BCUT2D eigenvalue weighted by molar-refractivity contribution is -0.139. The van der Waals surface area contributed by atoms with Crippen molar-refractivity contribution in [3.8, 4) is 0 Å². The van der Waals surface area contributed by atoms with Crippen molar-refractivity contribution in [1.82, 2.24) is 24.7 Å². The Balaban J connectivity index is 1.49. The summed E-state index contributed by atoms with van der Waals surface area (Å²) in [6, 6.07) is 7.51. The standard InChI is InChI=1S/C19H23N5O3/c1-22-15-7-3-2-6-14(15)21-18(22)13-5-4-10-23(11-13)17(26)12-24-16(25)8-9-20-19(24)27/h2-3,6-7,13H,4-5,8-12H2,1H3,(H,20,27)/t13-/m1/s1. The quantitative estimate of drug-likeness (QED) is 0.881. The number of imide groups is 1. The Hall–Kier alpha value is -2.90. The summed E-state index contributed by atoms with van der Waals surface area (Å²) in [6.07, 6.45) is 2.07. The maximum absolute atomic E-state index is 12.7. The number of carbonyl (C=O) groups excluding carboxylic acids is 3. The molecule has 3 heterocycles. The van der Waals surface area contributed by atoms with E-state index in [9.17, 15) is 14.4 Å². The lowest BCUT2D eigenvalue weighted by Gasteiger charge is -2.34. The molecule has 2 fully saturated rings. The Morgan fingerprint density at radius 1 is 1.30 bits per heavy atom. The molecule has 0 radical (unpaired) electrons. The number of fused-ring (bicyclic) bond motifs is 1. The molecular formula is C19H23N5O3. The molecule has 0 bridgehead atoms. The fraction of sp³-hybridized carbons (Fsp3) is 0.474.